The maximum Gasteiger partial charge on any atom is 0.172 e. The molecule has 3 rings (SSSR count). The van der Waals surface area contributed by atoms with Crippen molar-refractivity contribution in [2.24, 2.45) is 0 Å². The van der Waals surface area contributed by atoms with Crippen LogP contribution in [-0.4, -0.2) is 18.4 Å². The molecule has 0 radical (unpaired) electrons. The Hall–Kier alpha value is -1.88. The lowest BCUT2D eigenvalue weighted by Crippen LogP contribution is -2.25. The van der Waals surface area contributed by atoms with E-state index in [0.717, 1.165) is 12.8 Å². The number of halogens is 1. The third-order valence-electron chi connectivity index (χ3n) is 3.37. The molecule has 0 saturated heterocycles. The van der Waals surface area contributed by atoms with Crippen molar-refractivity contribution in [1.29, 1.82) is 0 Å². The van der Waals surface area contributed by atoms with E-state index in [9.17, 15) is 0 Å². The molecule has 1 aliphatic rings. The Labute approximate surface area is 121 Å². The van der Waals surface area contributed by atoms with E-state index < -0.39 is 0 Å². The fraction of sp³-hybridized carbons (Fsp3) is 0.357. The molecule has 1 aromatic carbocycles. The predicted molar refractivity (Wildman–Crippen MR) is 76.2 cm³/mol. The Morgan fingerprint density at radius 2 is 2.15 bits per heavy atom. The zero-order chi connectivity index (χ0) is 14.1. The second-order valence-electron chi connectivity index (χ2n) is 4.77. The summed E-state index contributed by atoms with van der Waals surface area (Å²) in [4.78, 5) is 0. The Kier molecular flexibility index (Phi) is 3.44. The highest BCUT2D eigenvalue weighted by Crippen LogP contribution is 2.43. The van der Waals surface area contributed by atoms with Gasteiger partial charge in [-0.2, -0.15) is 0 Å². The van der Waals surface area contributed by atoms with Crippen molar-refractivity contribution in [2.75, 3.05) is 12.8 Å². The zero-order valence-electron chi connectivity index (χ0n) is 11.1. The molecule has 1 aliphatic carbocycles. The first-order chi connectivity index (χ1) is 9.67. The highest BCUT2D eigenvalue weighted by atomic mass is 35.5. The molecule has 106 valence electrons. The number of hydrogen-bond acceptors (Lipinski definition) is 5. The average Bonchev–Trinajstić information content (AvgIpc) is 2.80. The first kappa shape index (κ1) is 13.1. The molecular weight excluding hydrogens is 280 g/mol. The predicted octanol–water partition coefficient (Wildman–Crippen LogP) is 3.52. The van der Waals surface area contributed by atoms with Crippen LogP contribution in [0, 0.1) is 0 Å². The molecule has 0 amide bonds. The van der Waals surface area contributed by atoms with Crippen LogP contribution in [0.5, 0.6) is 11.5 Å². The molecular formula is C14H15ClN2O3. The normalized spacial score (nSPS) is 14.9. The molecule has 0 unspecified atom stereocenters. The lowest BCUT2D eigenvalue weighted by atomic mass is 9.96. The topological polar surface area (TPSA) is 70.5 Å². The minimum absolute atomic E-state index is 0.212. The SMILES string of the molecule is COc1cc(Cl)cc(-c2cc(N)no2)c1OC1CCC1. The highest BCUT2D eigenvalue weighted by Gasteiger charge is 2.25. The Morgan fingerprint density at radius 1 is 1.35 bits per heavy atom. The van der Waals surface area contributed by atoms with Gasteiger partial charge in [0.05, 0.1) is 18.8 Å². The summed E-state index contributed by atoms with van der Waals surface area (Å²) in [5.41, 5.74) is 6.30. The molecule has 20 heavy (non-hydrogen) atoms. The number of hydrogen-bond donors (Lipinski definition) is 1. The number of anilines is 1. The second kappa shape index (κ2) is 5.25. The van der Waals surface area contributed by atoms with E-state index in [4.69, 9.17) is 31.3 Å². The summed E-state index contributed by atoms with van der Waals surface area (Å²) in [5.74, 6) is 2.03. The molecule has 1 fully saturated rings. The summed E-state index contributed by atoms with van der Waals surface area (Å²) >= 11 is 6.11. The molecule has 1 saturated carbocycles. The molecule has 2 aromatic rings. The fourth-order valence-corrected chi connectivity index (χ4v) is 2.30. The smallest absolute Gasteiger partial charge is 0.172 e. The number of rotatable bonds is 4. The van der Waals surface area contributed by atoms with Gasteiger partial charge in [-0.15, -0.1) is 0 Å². The second-order valence-corrected chi connectivity index (χ2v) is 5.21. The molecule has 0 bridgehead atoms. The Balaban J connectivity index is 2.07. The van der Waals surface area contributed by atoms with Crippen molar-refractivity contribution < 1.29 is 14.0 Å². The van der Waals surface area contributed by atoms with Gasteiger partial charge in [0, 0.05) is 17.2 Å². The van der Waals surface area contributed by atoms with Crippen LogP contribution in [0.3, 0.4) is 0 Å². The molecule has 2 N–H and O–H groups in total. The van der Waals surface area contributed by atoms with Gasteiger partial charge in [0.2, 0.25) is 0 Å². The zero-order valence-corrected chi connectivity index (χ0v) is 11.8. The quantitative estimate of drug-likeness (QED) is 0.934. The van der Waals surface area contributed by atoms with Crippen LogP contribution in [0.25, 0.3) is 11.3 Å². The maximum atomic E-state index is 6.11. The molecule has 0 aliphatic heterocycles. The molecule has 0 spiro atoms. The molecule has 6 heteroatoms. The van der Waals surface area contributed by atoms with Gasteiger partial charge < -0.3 is 19.7 Å². The van der Waals surface area contributed by atoms with Crippen LogP contribution in [0.1, 0.15) is 19.3 Å². The van der Waals surface area contributed by atoms with Gasteiger partial charge in [-0.25, -0.2) is 0 Å². The van der Waals surface area contributed by atoms with Crippen molar-refractivity contribution >= 4 is 17.4 Å². The van der Waals surface area contributed by atoms with Crippen molar-refractivity contribution in [1.82, 2.24) is 5.16 Å². The van der Waals surface area contributed by atoms with Gasteiger partial charge in [-0.3, -0.25) is 0 Å². The largest absolute Gasteiger partial charge is 0.493 e. The summed E-state index contributed by atoms with van der Waals surface area (Å²) in [5, 5.41) is 4.23. The molecule has 5 nitrogen and oxygen atoms in total. The van der Waals surface area contributed by atoms with E-state index in [1.54, 1.807) is 25.3 Å². The standard InChI is InChI=1S/C14H15ClN2O3/c1-18-12-6-8(15)5-10(11-7-13(16)17-20-11)14(12)19-9-3-2-4-9/h5-7,9H,2-4H2,1H3,(H2,16,17). The monoisotopic (exact) mass is 294 g/mol. The number of nitrogen functional groups attached to an aromatic ring is 1. The van der Waals surface area contributed by atoms with E-state index in [-0.39, 0.29) is 6.10 Å². The van der Waals surface area contributed by atoms with Crippen LogP contribution in [0.4, 0.5) is 5.82 Å². The first-order valence-electron chi connectivity index (χ1n) is 6.44. The minimum atomic E-state index is 0.212. The van der Waals surface area contributed by atoms with Gasteiger partial charge in [0.15, 0.2) is 23.1 Å². The number of ether oxygens (including phenoxy) is 2. The lowest BCUT2D eigenvalue weighted by molar-refractivity contribution is 0.116. The van der Waals surface area contributed by atoms with Gasteiger partial charge in [-0.1, -0.05) is 16.8 Å². The van der Waals surface area contributed by atoms with Gasteiger partial charge in [0.25, 0.3) is 0 Å². The number of nitrogens with zero attached hydrogens (tertiary/aromatic N) is 1. The summed E-state index contributed by atoms with van der Waals surface area (Å²) in [6, 6.07) is 5.12. The van der Waals surface area contributed by atoms with E-state index >= 15 is 0 Å². The number of nitrogens with two attached hydrogens (primary N) is 1. The third kappa shape index (κ3) is 2.41. The number of benzene rings is 1. The average molecular weight is 295 g/mol. The number of methoxy groups -OCH3 is 1. The van der Waals surface area contributed by atoms with Crippen LogP contribution in [0.2, 0.25) is 5.02 Å². The minimum Gasteiger partial charge on any atom is -0.493 e. The molecule has 1 aromatic heterocycles. The maximum absolute atomic E-state index is 6.11. The first-order valence-corrected chi connectivity index (χ1v) is 6.82. The Morgan fingerprint density at radius 3 is 2.70 bits per heavy atom. The van der Waals surface area contributed by atoms with E-state index in [2.05, 4.69) is 5.16 Å². The summed E-state index contributed by atoms with van der Waals surface area (Å²) in [7, 11) is 1.58. The van der Waals surface area contributed by atoms with Gasteiger partial charge >= 0.3 is 0 Å². The summed E-state index contributed by atoms with van der Waals surface area (Å²) < 4.78 is 16.6. The van der Waals surface area contributed by atoms with Crippen molar-refractivity contribution in [2.45, 2.75) is 25.4 Å². The summed E-state index contributed by atoms with van der Waals surface area (Å²) in [6.45, 7) is 0. The van der Waals surface area contributed by atoms with Gasteiger partial charge in [-0.05, 0) is 25.3 Å². The summed E-state index contributed by atoms with van der Waals surface area (Å²) in [6.07, 6.45) is 3.49. The van der Waals surface area contributed by atoms with Crippen molar-refractivity contribution in [3.8, 4) is 22.8 Å². The molecule has 0 atom stereocenters. The van der Waals surface area contributed by atoms with Gasteiger partial charge in [0.1, 0.15) is 0 Å². The van der Waals surface area contributed by atoms with E-state index in [0.29, 0.717) is 33.7 Å². The van der Waals surface area contributed by atoms with Crippen LogP contribution >= 0.6 is 11.6 Å². The van der Waals surface area contributed by atoms with Crippen LogP contribution < -0.4 is 15.2 Å². The molecule has 1 heterocycles. The Bertz CT molecular complexity index is 623. The lowest BCUT2D eigenvalue weighted by Gasteiger charge is -2.28. The highest BCUT2D eigenvalue weighted by molar-refractivity contribution is 6.31. The third-order valence-corrected chi connectivity index (χ3v) is 3.59. The van der Waals surface area contributed by atoms with Crippen LogP contribution in [0.15, 0.2) is 22.7 Å². The van der Waals surface area contributed by atoms with Crippen molar-refractivity contribution in [3.63, 3.8) is 0 Å². The van der Waals surface area contributed by atoms with E-state index in [1.165, 1.54) is 6.42 Å². The van der Waals surface area contributed by atoms with Crippen molar-refractivity contribution in [3.05, 3.63) is 23.2 Å². The number of aromatic nitrogens is 1. The van der Waals surface area contributed by atoms with Crippen LogP contribution in [-0.2, 0) is 0 Å². The fourth-order valence-electron chi connectivity index (χ4n) is 2.10. The van der Waals surface area contributed by atoms with E-state index in [1.807, 2.05) is 0 Å².